The molecule has 6 heteroatoms. The molecule has 0 spiro atoms. The summed E-state index contributed by atoms with van der Waals surface area (Å²) in [6, 6.07) is 5.76. The predicted molar refractivity (Wildman–Crippen MR) is 88.9 cm³/mol. The van der Waals surface area contributed by atoms with E-state index in [-0.39, 0.29) is 30.0 Å². The summed E-state index contributed by atoms with van der Waals surface area (Å²) in [6.45, 7) is 6.66. The zero-order valence-corrected chi connectivity index (χ0v) is 14.2. The molecular formula is C16H24N2O3S. The molecule has 1 atom stereocenters. The number of rotatable bonds is 5. The molecule has 1 aromatic carbocycles. The van der Waals surface area contributed by atoms with Crippen LogP contribution in [0.5, 0.6) is 0 Å². The van der Waals surface area contributed by atoms with Crippen molar-refractivity contribution in [2.24, 2.45) is 0 Å². The molecule has 1 aliphatic heterocycles. The van der Waals surface area contributed by atoms with E-state index in [9.17, 15) is 13.2 Å². The average Bonchev–Trinajstić information content (AvgIpc) is 2.81. The molecule has 0 bridgehead atoms. The number of carbonyl (C=O) groups is 1. The van der Waals surface area contributed by atoms with E-state index in [0.29, 0.717) is 13.0 Å². The fourth-order valence-electron chi connectivity index (χ4n) is 2.87. The highest BCUT2D eigenvalue weighted by Gasteiger charge is 2.33. The lowest BCUT2D eigenvalue weighted by atomic mass is 10.1. The van der Waals surface area contributed by atoms with Crippen molar-refractivity contribution in [1.29, 1.82) is 0 Å². The molecule has 1 fully saturated rings. The van der Waals surface area contributed by atoms with Crippen molar-refractivity contribution in [3.63, 3.8) is 0 Å². The lowest BCUT2D eigenvalue weighted by molar-refractivity contribution is -0.130. The van der Waals surface area contributed by atoms with Crippen LogP contribution in [0.15, 0.2) is 18.2 Å². The van der Waals surface area contributed by atoms with Crippen molar-refractivity contribution in [1.82, 2.24) is 4.90 Å². The highest BCUT2D eigenvalue weighted by atomic mass is 32.2. The number of amides is 1. The summed E-state index contributed by atoms with van der Waals surface area (Å²) in [7, 11) is -2.98. The van der Waals surface area contributed by atoms with E-state index < -0.39 is 9.84 Å². The summed E-state index contributed by atoms with van der Waals surface area (Å²) in [4.78, 5) is 14.1. The first-order chi connectivity index (χ1) is 10.3. The summed E-state index contributed by atoms with van der Waals surface area (Å²) in [5.74, 6) is 0.229. The van der Waals surface area contributed by atoms with Crippen LogP contribution in [0.1, 0.15) is 24.5 Å². The van der Waals surface area contributed by atoms with Gasteiger partial charge in [-0.3, -0.25) is 4.79 Å². The minimum atomic E-state index is -2.98. The minimum Gasteiger partial charge on any atom is -0.376 e. The van der Waals surface area contributed by atoms with Crippen molar-refractivity contribution in [3.05, 3.63) is 29.3 Å². The molecular weight excluding hydrogens is 300 g/mol. The molecule has 0 aliphatic carbocycles. The third kappa shape index (κ3) is 3.80. The Bertz CT molecular complexity index is 655. The fourth-order valence-corrected chi connectivity index (χ4v) is 4.61. The number of nitrogens with zero attached hydrogens (tertiary/aromatic N) is 1. The topological polar surface area (TPSA) is 66.5 Å². The van der Waals surface area contributed by atoms with Gasteiger partial charge in [0, 0.05) is 18.3 Å². The fraction of sp³-hybridized carbons (Fsp3) is 0.562. The number of benzene rings is 1. The Morgan fingerprint density at radius 2 is 2.09 bits per heavy atom. The van der Waals surface area contributed by atoms with Gasteiger partial charge in [0.1, 0.15) is 0 Å². The van der Waals surface area contributed by atoms with E-state index in [1.54, 1.807) is 4.90 Å². The second-order valence-electron chi connectivity index (χ2n) is 5.84. The van der Waals surface area contributed by atoms with Gasteiger partial charge in [-0.25, -0.2) is 8.42 Å². The summed E-state index contributed by atoms with van der Waals surface area (Å²) in [5.41, 5.74) is 3.25. The van der Waals surface area contributed by atoms with Gasteiger partial charge in [-0.1, -0.05) is 12.1 Å². The normalized spacial score (nSPS) is 19.9. The maximum absolute atomic E-state index is 12.4. The number of hydrogen-bond donors (Lipinski definition) is 1. The van der Waals surface area contributed by atoms with E-state index in [2.05, 4.69) is 5.32 Å². The van der Waals surface area contributed by atoms with Gasteiger partial charge in [-0.2, -0.15) is 0 Å². The Morgan fingerprint density at radius 3 is 2.68 bits per heavy atom. The van der Waals surface area contributed by atoms with Crippen LogP contribution in [0.2, 0.25) is 0 Å². The standard InChI is InChI=1S/C16H24N2O3S/c1-4-18(14-8-9-22(20,21)11-14)16(19)10-17-15-7-5-6-12(2)13(15)3/h5-7,14,17H,4,8-11H2,1-3H3. The molecule has 0 saturated carbocycles. The predicted octanol–water partition coefficient (Wildman–Crippen LogP) is 1.75. The molecule has 1 saturated heterocycles. The first-order valence-electron chi connectivity index (χ1n) is 7.64. The maximum Gasteiger partial charge on any atom is 0.242 e. The van der Waals surface area contributed by atoms with E-state index in [1.165, 1.54) is 5.56 Å². The van der Waals surface area contributed by atoms with E-state index in [4.69, 9.17) is 0 Å². The molecule has 22 heavy (non-hydrogen) atoms. The number of aryl methyl sites for hydroxylation is 1. The molecule has 0 aromatic heterocycles. The molecule has 1 aromatic rings. The number of sulfone groups is 1. The van der Waals surface area contributed by atoms with Crippen LogP contribution in [-0.2, 0) is 14.6 Å². The van der Waals surface area contributed by atoms with Gasteiger partial charge in [0.25, 0.3) is 0 Å². The number of likely N-dealkylation sites (N-methyl/N-ethyl adjacent to an activating group) is 1. The third-order valence-corrected chi connectivity index (χ3v) is 6.10. The van der Waals surface area contributed by atoms with Crippen LogP contribution < -0.4 is 5.32 Å². The van der Waals surface area contributed by atoms with Gasteiger partial charge in [-0.05, 0) is 44.4 Å². The second-order valence-corrected chi connectivity index (χ2v) is 8.07. The lowest BCUT2D eigenvalue weighted by Gasteiger charge is -2.27. The van der Waals surface area contributed by atoms with Gasteiger partial charge in [0.15, 0.2) is 9.84 Å². The molecule has 2 rings (SSSR count). The van der Waals surface area contributed by atoms with Crippen molar-refractivity contribution in [2.75, 3.05) is 29.9 Å². The molecule has 1 amide bonds. The van der Waals surface area contributed by atoms with E-state index >= 15 is 0 Å². The van der Waals surface area contributed by atoms with Crippen molar-refractivity contribution in [2.45, 2.75) is 33.2 Å². The van der Waals surface area contributed by atoms with Gasteiger partial charge in [0.2, 0.25) is 5.91 Å². The number of hydrogen-bond acceptors (Lipinski definition) is 4. The summed E-state index contributed by atoms with van der Waals surface area (Å²) in [6.07, 6.45) is 0.547. The van der Waals surface area contributed by atoms with Crippen LogP contribution in [0.25, 0.3) is 0 Å². The van der Waals surface area contributed by atoms with E-state index in [0.717, 1.165) is 11.3 Å². The lowest BCUT2D eigenvalue weighted by Crippen LogP contribution is -2.43. The van der Waals surface area contributed by atoms with Crippen molar-refractivity contribution in [3.8, 4) is 0 Å². The van der Waals surface area contributed by atoms with Crippen molar-refractivity contribution < 1.29 is 13.2 Å². The third-order valence-electron chi connectivity index (χ3n) is 4.34. The zero-order chi connectivity index (χ0) is 16.3. The average molecular weight is 324 g/mol. The van der Waals surface area contributed by atoms with Crippen LogP contribution in [-0.4, -0.2) is 49.9 Å². The Balaban J connectivity index is 2.00. The van der Waals surface area contributed by atoms with Gasteiger partial charge in [-0.15, -0.1) is 0 Å². The quantitative estimate of drug-likeness (QED) is 0.896. The Labute approximate surface area is 132 Å². The Morgan fingerprint density at radius 1 is 1.36 bits per heavy atom. The monoisotopic (exact) mass is 324 g/mol. The highest BCUT2D eigenvalue weighted by Crippen LogP contribution is 2.20. The van der Waals surface area contributed by atoms with Crippen LogP contribution in [0.4, 0.5) is 5.69 Å². The molecule has 1 aliphatic rings. The Kier molecular flexibility index (Phi) is 5.11. The molecule has 1 unspecified atom stereocenters. The Hall–Kier alpha value is -1.56. The second kappa shape index (κ2) is 6.69. The molecule has 122 valence electrons. The first-order valence-corrected chi connectivity index (χ1v) is 9.46. The number of carbonyl (C=O) groups excluding carboxylic acids is 1. The van der Waals surface area contributed by atoms with Gasteiger partial charge < -0.3 is 10.2 Å². The molecule has 5 nitrogen and oxygen atoms in total. The summed E-state index contributed by atoms with van der Waals surface area (Å²) >= 11 is 0. The maximum atomic E-state index is 12.4. The van der Waals surface area contributed by atoms with Gasteiger partial charge >= 0.3 is 0 Å². The highest BCUT2D eigenvalue weighted by molar-refractivity contribution is 7.91. The summed E-state index contributed by atoms with van der Waals surface area (Å²) < 4.78 is 23.2. The molecule has 1 N–H and O–H groups in total. The minimum absolute atomic E-state index is 0.0505. The zero-order valence-electron chi connectivity index (χ0n) is 13.4. The SMILES string of the molecule is CCN(C(=O)CNc1cccc(C)c1C)C1CCS(=O)(=O)C1. The first kappa shape index (κ1) is 16.8. The van der Waals surface area contributed by atoms with Crippen molar-refractivity contribution >= 4 is 21.4 Å². The van der Waals surface area contributed by atoms with Gasteiger partial charge in [0.05, 0.1) is 18.1 Å². The van der Waals surface area contributed by atoms with E-state index in [1.807, 2.05) is 39.0 Å². The molecule has 0 radical (unpaired) electrons. The van der Waals surface area contributed by atoms with Crippen LogP contribution in [0, 0.1) is 13.8 Å². The number of nitrogens with one attached hydrogen (secondary N) is 1. The summed E-state index contributed by atoms with van der Waals surface area (Å²) in [5, 5.41) is 3.17. The largest absolute Gasteiger partial charge is 0.376 e. The number of anilines is 1. The smallest absolute Gasteiger partial charge is 0.242 e. The van der Waals surface area contributed by atoms with Crippen LogP contribution in [0.3, 0.4) is 0 Å². The van der Waals surface area contributed by atoms with Crippen LogP contribution >= 0.6 is 0 Å². The molecule has 1 heterocycles.